The summed E-state index contributed by atoms with van der Waals surface area (Å²) in [5.41, 5.74) is 0.753. The number of aromatic nitrogens is 1. The maximum absolute atomic E-state index is 11.8. The molecule has 0 N–H and O–H groups in total. The molecule has 102 valence electrons. The van der Waals surface area contributed by atoms with Crippen LogP contribution in [0.15, 0.2) is 5.38 Å². The highest BCUT2D eigenvalue weighted by atomic mass is 35.5. The fraction of sp³-hybridized carbons (Fsp3) is 0.600. The Hall–Kier alpha value is -0.660. The third-order valence-electron chi connectivity index (χ3n) is 2.26. The minimum absolute atomic E-state index is 0.0277. The predicted octanol–water partition coefficient (Wildman–Crippen LogP) is 0.927. The Morgan fingerprint density at radius 3 is 2.72 bits per heavy atom. The molecule has 0 saturated carbocycles. The Morgan fingerprint density at radius 1 is 1.56 bits per heavy atom. The van der Waals surface area contributed by atoms with E-state index in [4.69, 9.17) is 11.6 Å². The van der Waals surface area contributed by atoms with Crippen molar-refractivity contribution in [3.05, 3.63) is 16.1 Å². The average Bonchev–Trinajstić information content (AvgIpc) is 2.72. The number of hydrogen-bond acceptors (Lipinski definition) is 5. The standard InChI is InChI=1S/C10H15ClN2O3S2/c1-13(3-4-18(2,15)16)10(14)5-9-12-8(6-11)7-17-9/h7H,3-6H2,1-2H3. The molecule has 0 spiro atoms. The van der Waals surface area contributed by atoms with E-state index in [1.165, 1.54) is 16.2 Å². The van der Waals surface area contributed by atoms with Gasteiger partial charge in [0, 0.05) is 25.2 Å². The molecule has 0 fully saturated rings. The van der Waals surface area contributed by atoms with E-state index in [1.54, 1.807) is 7.05 Å². The molecule has 0 aliphatic heterocycles. The molecule has 0 radical (unpaired) electrons. The molecule has 18 heavy (non-hydrogen) atoms. The van der Waals surface area contributed by atoms with Crippen molar-refractivity contribution in [2.75, 3.05) is 25.6 Å². The van der Waals surface area contributed by atoms with E-state index in [0.29, 0.717) is 10.9 Å². The van der Waals surface area contributed by atoms with Crippen LogP contribution in [-0.2, 0) is 26.9 Å². The van der Waals surface area contributed by atoms with Crippen molar-refractivity contribution in [3.8, 4) is 0 Å². The Kier molecular flexibility index (Phi) is 5.55. The minimum atomic E-state index is -3.05. The summed E-state index contributed by atoms with van der Waals surface area (Å²) in [6, 6.07) is 0. The summed E-state index contributed by atoms with van der Waals surface area (Å²) in [6.45, 7) is 0.200. The number of nitrogens with zero attached hydrogens (tertiary/aromatic N) is 2. The zero-order chi connectivity index (χ0) is 13.8. The normalized spacial score (nSPS) is 11.5. The van der Waals surface area contributed by atoms with Gasteiger partial charge in [0.2, 0.25) is 5.91 Å². The lowest BCUT2D eigenvalue weighted by molar-refractivity contribution is -0.128. The van der Waals surface area contributed by atoms with Gasteiger partial charge < -0.3 is 4.90 Å². The SMILES string of the molecule is CN(CCS(C)(=O)=O)C(=O)Cc1nc(CCl)cs1. The second-order valence-electron chi connectivity index (χ2n) is 3.99. The monoisotopic (exact) mass is 310 g/mol. The van der Waals surface area contributed by atoms with Crippen LogP contribution in [0.2, 0.25) is 0 Å². The number of likely N-dealkylation sites (N-methyl/N-ethyl adjacent to an activating group) is 1. The smallest absolute Gasteiger partial charge is 0.229 e. The molecule has 5 nitrogen and oxygen atoms in total. The second-order valence-corrected chi connectivity index (χ2v) is 7.46. The first kappa shape index (κ1) is 15.4. The van der Waals surface area contributed by atoms with Crippen molar-refractivity contribution in [3.63, 3.8) is 0 Å². The molecule has 1 aromatic rings. The van der Waals surface area contributed by atoms with Crippen molar-refractivity contribution in [1.82, 2.24) is 9.88 Å². The molecule has 1 aromatic heterocycles. The number of carbonyl (C=O) groups is 1. The molecule has 1 rings (SSSR count). The number of halogens is 1. The van der Waals surface area contributed by atoms with Crippen LogP contribution in [0.4, 0.5) is 0 Å². The summed E-state index contributed by atoms with van der Waals surface area (Å²) in [5, 5.41) is 2.51. The number of hydrogen-bond donors (Lipinski definition) is 0. The third-order valence-corrected chi connectivity index (χ3v) is 4.36. The van der Waals surface area contributed by atoms with Gasteiger partial charge in [-0.1, -0.05) is 0 Å². The Balaban J connectivity index is 2.49. The van der Waals surface area contributed by atoms with Crippen LogP contribution >= 0.6 is 22.9 Å². The van der Waals surface area contributed by atoms with Crippen LogP contribution in [0.1, 0.15) is 10.7 Å². The lowest BCUT2D eigenvalue weighted by Gasteiger charge is -2.15. The maximum Gasteiger partial charge on any atom is 0.229 e. The van der Waals surface area contributed by atoms with E-state index in [-0.39, 0.29) is 24.6 Å². The number of amides is 1. The Morgan fingerprint density at radius 2 is 2.22 bits per heavy atom. The van der Waals surface area contributed by atoms with Crippen LogP contribution < -0.4 is 0 Å². The van der Waals surface area contributed by atoms with Gasteiger partial charge in [-0.05, 0) is 0 Å². The molecule has 1 heterocycles. The zero-order valence-electron chi connectivity index (χ0n) is 10.2. The quantitative estimate of drug-likeness (QED) is 0.733. The molecule has 0 atom stereocenters. The van der Waals surface area contributed by atoms with E-state index < -0.39 is 9.84 Å². The van der Waals surface area contributed by atoms with Gasteiger partial charge in [0.15, 0.2) is 0 Å². The highest BCUT2D eigenvalue weighted by molar-refractivity contribution is 7.90. The van der Waals surface area contributed by atoms with Crippen molar-refractivity contribution in [1.29, 1.82) is 0 Å². The highest BCUT2D eigenvalue weighted by Crippen LogP contribution is 2.12. The van der Waals surface area contributed by atoms with Crippen LogP contribution in [0, 0.1) is 0 Å². The van der Waals surface area contributed by atoms with E-state index in [1.807, 2.05) is 5.38 Å². The third kappa shape index (κ3) is 5.32. The van der Waals surface area contributed by atoms with Gasteiger partial charge in [-0.25, -0.2) is 13.4 Å². The van der Waals surface area contributed by atoms with Gasteiger partial charge in [-0.15, -0.1) is 22.9 Å². The van der Waals surface area contributed by atoms with Gasteiger partial charge in [0.05, 0.1) is 23.7 Å². The molecule has 0 aliphatic carbocycles. The number of alkyl halides is 1. The molecular weight excluding hydrogens is 296 g/mol. The lowest BCUT2D eigenvalue weighted by atomic mass is 10.4. The van der Waals surface area contributed by atoms with Crippen molar-refractivity contribution < 1.29 is 13.2 Å². The van der Waals surface area contributed by atoms with Crippen LogP contribution in [-0.4, -0.2) is 49.8 Å². The van der Waals surface area contributed by atoms with Gasteiger partial charge in [0.25, 0.3) is 0 Å². The summed E-state index contributed by atoms with van der Waals surface area (Å²) < 4.78 is 22.0. The van der Waals surface area contributed by atoms with Gasteiger partial charge in [-0.3, -0.25) is 4.79 Å². The minimum Gasteiger partial charge on any atom is -0.344 e. The van der Waals surface area contributed by atoms with E-state index in [2.05, 4.69) is 4.98 Å². The van der Waals surface area contributed by atoms with Crippen molar-refractivity contribution in [2.24, 2.45) is 0 Å². The molecule has 0 aliphatic rings. The van der Waals surface area contributed by atoms with Gasteiger partial charge in [0.1, 0.15) is 14.8 Å². The molecule has 0 saturated heterocycles. The first-order valence-corrected chi connectivity index (χ1v) is 8.70. The molecule has 0 unspecified atom stereocenters. The van der Waals surface area contributed by atoms with Gasteiger partial charge >= 0.3 is 0 Å². The topological polar surface area (TPSA) is 67.3 Å². The Bertz CT molecular complexity index is 513. The van der Waals surface area contributed by atoms with Gasteiger partial charge in [-0.2, -0.15) is 0 Å². The predicted molar refractivity (Wildman–Crippen MR) is 72.7 cm³/mol. The summed E-state index contributed by atoms with van der Waals surface area (Å²) in [4.78, 5) is 17.4. The molecule has 8 heteroatoms. The molecule has 0 bridgehead atoms. The fourth-order valence-electron chi connectivity index (χ4n) is 1.18. The highest BCUT2D eigenvalue weighted by Gasteiger charge is 2.14. The maximum atomic E-state index is 11.8. The summed E-state index contributed by atoms with van der Waals surface area (Å²) in [7, 11) is -1.46. The number of thiazole rings is 1. The largest absolute Gasteiger partial charge is 0.344 e. The number of sulfone groups is 1. The fourth-order valence-corrected chi connectivity index (χ4v) is 2.80. The Labute approximate surface area is 116 Å². The second kappa shape index (κ2) is 6.49. The lowest BCUT2D eigenvalue weighted by Crippen LogP contribution is -2.32. The van der Waals surface area contributed by atoms with E-state index in [9.17, 15) is 13.2 Å². The van der Waals surface area contributed by atoms with Crippen molar-refractivity contribution >= 4 is 38.7 Å². The molecular formula is C10H15ClN2O3S2. The van der Waals surface area contributed by atoms with E-state index in [0.717, 1.165) is 11.9 Å². The van der Waals surface area contributed by atoms with Crippen LogP contribution in [0.5, 0.6) is 0 Å². The number of rotatable bonds is 6. The zero-order valence-corrected chi connectivity index (χ0v) is 12.6. The van der Waals surface area contributed by atoms with Crippen LogP contribution in [0.3, 0.4) is 0 Å². The summed E-state index contributed by atoms with van der Waals surface area (Å²) in [6.07, 6.45) is 1.33. The summed E-state index contributed by atoms with van der Waals surface area (Å²) >= 11 is 7.00. The van der Waals surface area contributed by atoms with Crippen LogP contribution in [0.25, 0.3) is 0 Å². The van der Waals surface area contributed by atoms with Crippen molar-refractivity contribution in [2.45, 2.75) is 12.3 Å². The first-order valence-electron chi connectivity index (χ1n) is 5.23. The first-order chi connectivity index (χ1) is 8.31. The number of carbonyl (C=O) groups excluding carboxylic acids is 1. The molecule has 0 aromatic carbocycles. The molecule has 1 amide bonds. The summed E-state index contributed by atoms with van der Waals surface area (Å²) in [5.74, 6) is 0.156. The average molecular weight is 311 g/mol. The van der Waals surface area contributed by atoms with E-state index >= 15 is 0 Å².